The zero-order valence-electron chi connectivity index (χ0n) is 8.13. The highest BCUT2D eigenvalue weighted by atomic mass is 79.9. The molecule has 3 nitrogen and oxygen atoms in total. The lowest BCUT2D eigenvalue weighted by molar-refractivity contribution is -0.255. The number of carboxylic acids is 1. The van der Waals surface area contributed by atoms with Crippen LogP contribution in [0.15, 0.2) is 22.7 Å². The van der Waals surface area contributed by atoms with Crippen molar-refractivity contribution in [2.45, 2.75) is 13.3 Å². The van der Waals surface area contributed by atoms with Crippen molar-refractivity contribution in [3.8, 4) is 0 Å². The fraction of sp³-hybridized carbons (Fsp3) is 0.182. The summed E-state index contributed by atoms with van der Waals surface area (Å²) in [4.78, 5) is 13.6. The van der Waals surface area contributed by atoms with E-state index in [-0.39, 0.29) is 5.69 Å². The second-order valence-electron chi connectivity index (χ2n) is 3.35. The molecule has 0 atom stereocenters. The third-order valence-corrected chi connectivity index (χ3v) is 2.83. The van der Waals surface area contributed by atoms with Gasteiger partial charge in [-0.3, -0.25) is 0 Å². The van der Waals surface area contributed by atoms with Crippen LogP contribution in [0.25, 0.3) is 10.9 Å². The van der Waals surface area contributed by atoms with Gasteiger partial charge in [-0.25, -0.2) is 0 Å². The highest BCUT2D eigenvalue weighted by Gasteiger charge is 2.06. The van der Waals surface area contributed by atoms with Crippen LogP contribution in [0.5, 0.6) is 0 Å². The fourth-order valence-electron chi connectivity index (χ4n) is 1.67. The summed E-state index contributed by atoms with van der Waals surface area (Å²) >= 11 is 3.39. The number of H-pyrrole nitrogens is 1. The molecule has 0 saturated heterocycles. The minimum atomic E-state index is -1.18. The summed E-state index contributed by atoms with van der Waals surface area (Å²) in [5, 5.41) is 11.6. The lowest BCUT2D eigenvalue weighted by atomic mass is 10.1. The lowest BCUT2D eigenvalue weighted by Crippen LogP contribution is -2.22. The normalized spacial score (nSPS) is 10.8. The molecule has 4 heteroatoms. The van der Waals surface area contributed by atoms with Crippen molar-refractivity contribution in [1.29, 1.82) is 0 Å². The summed E-state index contributed by atoms with van der Waals surface area (Å²) in [7, 11) is 0. The van der Waals surface area contributed by atoms with Crippen LogP contribution in [0.1, 0.15) is 23.0 Å². The molecule has 0 fully saturated rings. The number of hydrogen-bond acceptors (Lipinski definition) is 2. The van der Waals surface area contributed by atoms with E-state index in [1.54, 1.807) is 6.07 Å². The van der Waals surface area contributed by atoms with Gasteiger partial charge in [0, 0.05) is 15.4 Å². The van der Waals surface area contributed by atoms with E-state index in [0.29, 0.717) is 0 Å². The van der Waals surface area contributed by atoms with Gasteiger partial charge in [-0.2, -0.15) is 0 Å². The lowest BCUT2D eigenvalue weighted by Gasteiger charge is -2.00. The van der Waals surface area contributed by atoms with Crippen molar-refractivity contribution in [3.05, 3.63) is 33.9 Å². The van der Waals surface area contributed by atoms with Crippen LogP contribution < -0.4 is 5.11 Å². The highest BCUT2D eigenvalue weighted by Crippen LogP contribution is 2.25. The Kier molecular flexibility index (Phi) is 2.52. The number of nitrogens with one attached hydrogen (secondary N) is 1. The highest BCUT2D eigenvalue weighted by molar-refractivity contribution is 9.10. The number of carbonyl (C=O) groups excluding carboxylic acids is 1. The van der Waals surface area contributed by atoms with Crippen molar-refractivity contribution in [2.75, 3.05) is 0 Å². The largest absolute Gasteiger partial charge is 0.543 e. The number of carbonyl (C=O) groups is 1. The van der Waals surface area contributed by atoms with E-state index >= 15 is 0 Å². The summed E-state index contributed by atoms with van der Waals surface area (Å²) in [6.45, 7) is 2.03. The van der Waals surface area contributed by atoms with Crippen molar-refractivity contribution in [3.63, 3.8) is 0 Å². The van der Waals surface area contributed by atoms with E-state index in [4.69, 9.17) is 0 Å². The molecule has 0 unspecified atom stereocenters. The van der Waals surface area contributed by atoms with Gasteiger partial charge in [0.25, 0.3) is 0 Å². The number of hydrogen-bond donors (Lipinski definition) is 1. The minimum absolute atomic E-state index is 0.123. The minimum Gasteiger partial charge on any atom is -0.543 e. The third kappa shape index (κ3) is 1.77. The summed E-state index contributed by atoms with van der Waals surface area (Å²) in [6.07, 6.45) is 0.850. The van der Waals surface area contributed by atoms with E-state index in [1.807, 2.05) is 19.1 Å². The predicted octanol–water partition coefficient (Wildman–Crippen LogP) is 1.86. The Hall–Kier alpha value is -1.29. The van der Waals surface area contributed by atoms with E-state index in [2.05, 4.69) is 20.9 Å². The van der Waals surface area contributed by atoms with E-state index < -0.39 is 5.97 Å². The Morgan fingerprint density at radius 3 is 2.80 bits per heavy atom. The summed E-state index contributed by atoms with van der Waals surface area (Å²) in [5.41, 5.74) is 2.09. The Labute approximate surface area is 95.2 Å². The molecule has 78 valence electrons. The average molecular weight is 267 g/mol. The van der Waals surface area contributed by atoms with Crippen LogP contribution in [0.3, 0.4) is 0 Å². The molecule has 2 rings (SSSR count). The molecule has 0 spiro atoms. The number of aromatic nitrogens is 1. The van der Waals surface area contributed by atoms with Gasteiger partial charge in [0.05, 0.1) is 11.7 Å². The maximum atomic E-state index is 10.7. The van der Waals surface area contributed by atoms with Crippen LogP contribution in [0, 0.1) is 0 Å². The number of rotatable bonds is 2. The smallest absolute Gasteiger partial charge is 0.0878 e. The van der Waals surface area contributed by atoms with Crippen LogP contribution in [0.4, 0.5) is 0 Å². The zero-order chi connectivity index (χ0) is 11.0. The number of carboxylic acid groups (broad SMARTS) is 1. The van der Waals surface area contributed by atoms with Crippen LogP contribution >= 0.6 is 15.9 Å². The number of aryl methyl sites for hydroxylation is 1. The SMILES string of the molecule is CCc1cc(Br)cc2cc(C(=O)[O-])[nH]c12. The fourth-order valence-corrected chi connectivity index (χ4v) is 2.19. The monoisotopic (exact) mass is 266 g/mol. The van der Waals surface area contributed by atoms with Crippen LogP contribution in [-0.4, -0.2) is 11.0 Å². The van der Waals surface area contributed by atoms with Crippen LogP contribution in [-0.2, 0) is 6.42 Å². The van der Waals surface area contributed by atoms with Gasteiger partial charge in [0.15, 0.2) is 0 Å². The second-order valence-corrected chi connectivity index (χ2v) is 4.27. The summed E-state index contributed by atoms with van der Waals surface area (Å²) in [5.74, 6) is -1.18. The first-order valence-electron chi connectivity index (χ1n) is 4.64. The van der Waals surface area contributed by atoms with Crippen molar-refractivity contribution < 1.29 is 9.90 Å². The number of aromatic carboxylic acids is 1. The Morgan fingerprint density at radius 2 is 2.20 bits per heavy atom. The van der Waals surface area contributed by atoms with Gasteiger partial charge in [0.2, 0.25) is 0 Å². The van der Waals surface area contributed by atoms with Gasteiger partial charge in [-0.15, -0.1) is 0 Å². The van der Waals surface area contributed by atoms with Crippen molar-refractivity contribution >= 4 is 32.8 Å². The Balaban J connectivity index is 2.74. The van der Waals surface area contributed by atoms with Gasteiger partial charge < -0.3 is 14.9 Å². The first kappa shape index (κ1) is 10.2. The van der Waals surface area contributed by atoms with Gasteiger partial charge in [-0.05, 0) is 30.2 Å². The molecule has 1 N–H and O–H groups in total. The van der Waals surface area contributed by atoms with E-state index in [9.17, 15) is 9.90 Å². The van der Waals surface area contributed by atoms with Crippen LogP contribution in [0.2, 0.25) is 0 Å². The molecule has 0 saturated carbocycles. The molecule has 0 amide bonds. The van der Waals surface area contributed by atoms with Gasteiger partial charge in [0.1, 0.15) is 0 Å². The molecule has 0 aliphatic heterocycles. The molecule has 0 aliphatic carbocycles. The second kappa shape index (κ2) is 3.70. The van der Waals surface area contributed by atoms with Crippen molar-refractivity contribution in [1.82, 2.24) is 4.98 Å². The first-order chi connectivity index (χ1) is 7.11. The van der Waals surface area contributed by atoms with E-state index in [1.165, 1.54) is 0 Å². The number of halogens is 1. The molecule has 1 aromatic carbocycles. The number of fused-ring (bicyclic) bond motifs is 1. The average Bonchev–Trinajstić information content (AvgIpc) is 2.59. The quantitative estimate of drug-likeness (QED) is 0.902. The standard InChI is InChI=1S/C11H10BrNO2/c1-2-6-3-8(12)4-7-5-9(11(14)15)13-10(6)7/h3-5,13H,2H2,1H3,(H,14,15)/p-1. The Bertz CT molecular complexity index is 531. The van der Waals surface area contributed by atoms with Crippen molar-refractivity contribution in [2.24, 2.45) is 0 Å². The molecular weight excluding hydrogens is 258 g/mol. The number of aromatic amines is 1. The third-order valence-electron chi connectivity index (χ3n) is 2.38. The maximum absolute atomic E-state index is 10.7. The zero-order valence-corrected chi connectivity index (χ0v) is 9.72. The molecular formula is C11H9BrNO2-. The molecule has 0 bridgehead atoms. The molecule has 0 aliphatic rings. The van der Waals surface area contributed by atoms with Gasteiger partial charge in [-0.1, -0.05) is 22.9 Å². The summed E-state index contributed by atoms with van der Waals surface area (Å²) in [6, 6.07) is 5.46. The Morgan fingerprint density at radius 1 is 1.47 bits per heavy atom. The molecule has 1 heterocycles. The predicted molar refractivity (Wildman–Crippen MR) is 59.7 cm³/mol. The maximum Gasteiger partial charge on any atom is 0.0878 e. The van der Waals surface area contributed by atoms with Gasteiger partial charge >= 0.3 is 0 Å². The molecule has 0 radical (unpaired) electrons. The number of benzene rings is 1. The first-order valence-corrected chi connectivity index (χ1v) is 5.43. The summed E-state index contributed by atoms with van der Waals surface area (Å²) < 4.78 is 0.954. The molecule has 15 heavy (non-hydrogen) atoms. The molecule has 2 aromatic rings. The topological polar surface area (TPSA) is 55.9 Å². The molecule has 1 aromatic heterocycles. The van der Waals surface area contributed by atoms with E-state index in [0.717, 1.165) is 27.4 Å².